The largest absolute Gasteiger partial charge is 0.438 e. The zero-order valence-electron chi connectivity index (χ0n) is 17.8. The van der Waals surface area contributed by atoms with Gasteiger partial charge in [0.05, 0.1) is 18.6 Å². The Morgan fingerprint density at radius 3 is 2.46 bits per heavy atom. The van der Waals surface area contributed by atoms with E-state index in [0.717, 1.165) is 25.7 Å². The van der Waals surface area contributed by atoms with Gasteiger partial charge in [0.15, 0.2) is 13.1 Å². The SMILES string of the molecule is CC1(C)CC1(C)C(O)OC1CC2CC(C(=O)OCOCC3CCCCC3)C1C2. The van der Waals surface area contributed by atoms with Gasteiger partial charge in [-0.05, 0) is 61.7 Å². The van der Waals surface area contributed by atoms with Crippen LogP contribution in [0.4, 0.5) is 0 Å². The quantitative estimate of drug-likeness (QED) is 0.378. The average molecular weight is 395 g/mol. The average Bonchev–Trinajstić information content (AvgIpc) is 3.00. The van der Waals surface area contributed by atoms with E-state index < -0.39 is 6.29 Å². The minimum Gasteiger partial charge on any atom is -0.438 e. The second kappa shape index (κ2) is 7.88. The molecule has 2 bridgehead atoms. The number of hydrogen-bond acceptors (Lipinski definition) is 5. The summed E-state index contributed by atoms with van der Waals surface area (Å²) in [5.74, 6) is 1.08. The van der Waals surface area contributed by atoms with Gasteiger partial charge in [-0.3, -0.25) is 4.79 Å². The molecule has 4 fully saturated rings. The normalized spacial score (nSPS) is 40.4. The van der Waals surface area contributed by atoms with Crippen LogP contribution < -0.4 is 0 Å². The molecular weight excluding hydrogens is 356 g/mol. The maximum atomic E-state index is 12.6. The van der Waals surface area contributed by atoms with Gasteiger partial charge in [0.1, 0.15) is 0 Å². The molecule has 4 saturated carbocycles. The second-order valence-electron chi connectivity index (χ2n) is 10.8. The number of carbonyl (C=O) groups excluding carboxylic acids is 1. The monoisotopic (exact) mass is 394 g/mol. The Kier molecular flexibility index (Phi) is 5.80. The number of aliphatic hydroxyl groups is 1. The second-order valence-corrected chi connectivity index (χ2v) is 10.8. The highest BCUT2D eigenvalue weighted by Gasteiger charge is 2.63. The summed E-state index contributed by atoms with van der Waals surface area (Å²) in [6.45, 7) is 7.22. The van der Waals surface area contributed by atoms with Gasteiger partial charge in [0, 0.05) is 5.41 Å². The summed E-state index contributed by atoms with van der Waals surface area (Å²) in [6.07, 6.45) is 9.46. The molecule has 5 heteroatoms. The van der Waals surface area contributed by atoms with Gasteiger partial charge >= 0.3 is 5.97 Å². The van der Waals surface area contributed by atoms with Gasteiger partial charge in [-0.2, -0.15) is 0 Å². The number of rotatable bonds is 8. The van der Waals surface area contributed by atoms with Crippen molar-refractivity contribution in [3.8, 4) is 0 Å². The Balaban J connectivity index is 1.21. The molecule has 6 atom stereocenters. The molecular formula is C23H38O5. The highest BCUT2D eigenvalue weighted by Crippen LogP contribution is 2.65. The number of esters is 1. The molecule has 0 spiro atoms. The lowest BCUT2D eigenvalue weighted by Gasteiger charge is -2.32. The molecule has 0 radical (unpaired) electrons. The zero-order chi connectivity index (χ0) is 19.9. The van der Waals surface area contributed by atoms with Crippen LogP contribution in [0.5, 0.6) is 0 Å². The molecule has 0 amide bonds. The Morgan fingerprint density at radius 1 is 1.11 bits per heavy atom. The number of carbonyl (C=O) groups is 1. The first-order valence-corrected chi connectivity index (χ1v) is 11.4. The Hall–Kier alpha value is -0.650. The van der Waals surface area contributed by atoms with Crippen LogP contribution in [0.1, 0.15) is 78.6 Å². The fraction of sp³-hybridized carbons (Fsp3) is 0.957. The van der Waals surface area contributed by atoms with Crippen LogP contribution in [0.3, 0.4) is 0 Å². The first-order chi connectivity index (χ1) is 13.3. The van der Waals surface area contributed by atoms with E-state index in [9.17, 15) is 9.90 Å². The molecule has 0 aliphatic heterocycles. The van der Waals surface area contributed by atoms with Crippen LogP contribution in [0.2, 0.25) is 0 Å². The van der Waals surface area contributed by atoms with E-state index in [2.05, 4.69) is 20.8 Å². The molecule has 4 rings (SSSR count). The molecule has 28 heavy (non-hydrogen) atoms. The first kappa shape index (κ1) is 20.6. The lowest BCUT2D eigenvalue weighted by Crippen LogP contribution is -2.38. The molecule has 0 aromatic carbocycles. The third kappa shape index (κ3) is 3.99. The van der Waals surface area contributed by atoms with Gasteiger partial charge in [0.25, 0.3) is 0 Å². The van der Waals surface area contributed by atoms with E-state index in [1.54, 1.807) is 0 Å². The van der Waals surface area contributed by atoms with Gasteiger partial charge in [-0.1, -0.05) is 40.0 Å². The summed E-state index contributed by atoms with van der Waals surface area (Å²) < 4.78 is 17.2. The van der Waals surface area contributed by atoms with Gasteiger partial charge in [-0.15, -0.1) is 0 Å². The molecule has 6 unspecified atom stereocenters. The van der Waals surface area contributed by atoms with Crippen molar-refractivity contribution in [3.63, 3.8) is 0 Å². The van der Waals surface area contributed by atoms with Crippen LogP contribution in [0.25, 0.3) is 0 Å². The van der Waals surface area contributed by atoms with Crippen molar-refractivity contribution in [2.24, 2.45) is 34.5 Å². The molecule has 160 valence electrons. The predicted octanol–water partition coefficient (Wildman–Crippen LogP) is 4.27. The van der Waals surface area contributed by atoms with Gasteiger partial charge in [-0.25, -0.2) is 0 Å². The third-order valence-corrected chi connectivity index (χ3v) is 8.50. The van der Waals surface area contributed by atoms with Crippen molar-refractivity contribution in [3.05, 3.63) is 0 Å². The minimum atomic E-state index is -0.748. The van der Waals surface area contributed by atoms with E-state index in [1.165, 1.54) is 32.1 Å². The fourth-order valence-corrected chi connectivity index (χ4v) is 6.10. The van der Waals surface area contributed by atoms with Crippen LogP contribution >= 0.6 is 0 Å². The molecule has 4 aliphatic rings. The van der Waals surface area contributed by atoms with E-state index in [1.807, 2.05) is 0 Å². The van der Waals surface area contributed by atoms with Crippen molar-refractivity contribution in [2.45, 2.75) is 91.0 Å². The van der Waals surface area contributed by atoms with Crippen LogP contribution in [-0.2, 0) is 19.0 Å². The zero-order valence-corrected chi connectivity index (χ0v) is 17.8. The topological polar surface area (TPSA) is 65.0 Å². The van der Waals surface area contributed by atoms with Crippen molar-refractivity contribution in [1.29, 1.82) is 0 Å². The molecule has 4 aliphatic carbocycles. The fourth-order valence-electron chi connectivity index (χ4n) is 6.10. The summed E-state index contributed by atoms with van der Waals surface area (Å²) in [4.78, 5) is 12.6. The van der Waals surface area contributed by atoms with E-state index in [-0.39, 0.29) is 41.5 Å². The van der Waals surface area contributed by atoms with Crippen molar-refractivity contribution in [1.82, 2.24) is 0 Å². The van der Waals surface area contributed by atoms with Gasteiger partial charge < -0.3 is 19.3 Å². The summed E-state index contributed by atoms with van der Waals surface area (Å²) >= 11 is 0. The van der Waals surface area contributed by atoms with Crippen molar-refractivity contribution in [2.75, 3.05) is 13.4 Å². The summed E-state index contributed by atoms with van der Waals surface area (Å²) in [5, 5.41) is 10.6. The standard InChI is InChI=1S/C23H38O5/c1-22(2)13-23(22,3)21(25)28-19-11-16-9-17(19)18(10-16)20(24)27-14-26-12-15-7-5-4-6-8-15/h15-19,21,25H,4-14H2,1-3H3. The Bertz CT molecular complexity index is 569. The Morgan fingerprint density at radius 2 is 1.82 bits per heavy atom. The first-order valence-electron chi connectivity index (χ1n) is 11.4. The van der Waals surface area contributed by atoms with E-state index in [0.29, 0.717) is 18.4 Å². The van der Waals surface area contributed by atoms with Crippen molar-refractivity contribution < 1.29 is 24.1 Å². The highest BCUT2D eigenvalue weighted by atomic mass is 16.7. The van der Waals surface area contributed by atoms with Gasteiger partial charge in [0.2, 0.25) is 0 Å². The molecule has 0 aromatic heterocycles. The van der Waals surface area contributed by atoms with Crippen LogP contribution in [0.15, 0.2) is 0 Å². The van der Waals surface area contributed by atoms with E-state index >= 15 is 0 Å². The lowest BCUT2D eigenvalue weighted by molar-refractivity contribution is -0.197. The molecule has 0 saturated heterocycles. The Labute approximate surface area is 169 Å². The molecule has 1 N–H and O–H groups in total. The van der Waals surface area contributed by atoms with Crippen LogP contribution in [-0.4, -0.2) is 36.9 Å². The maximum absolute atomic E-state index is 12.6. The smallest absolute Gasteiger partial charge is 0.311 e. The minimum absolute atomic E-state index is 0.0253. The molecule has 0 heterocycles. The molecule has 0 aromatic rings. The predicted molar refractivity (Wildman–Crippen MR) is 105 cm³/mol. The number of ether oxygens (including phenoxy) is 3. The molecule has 5 nitrogen and oxygen atoms in total. The summed E-state index contributed by atoms with van der Waals surface area (Å²) in [5.41, 5.74) is -0.0458. The summed E-state index contributed by atoms with van der Waals surface area (Å²) in [6, 6.07) is 0. The third-order valence-electron chi connectivity index (χ3n) is 8.50. The lowest BCUT2D eigenvalue weighted by atomic mass is 9.86. The van der Waals surface area contributed by atoms with Crippen molar-refractivity contribution >= 4 is 5.97 Å². The number of aliphatic hydroxyl groups excluding tert-OH is 1. The summed E-state index contributed by atoms with van der Waals surface area (Å²) in [7, 11) is 0. The highest BCUT2D eigenvalue weighted by molar-refractivity contribution is 5.73. The number of fused-ring (bicyclic) bond motifs is 2. The number of hydrogen-bond donors (Lipinski definition) is 1. The van der Waals surface area contributed by atoms with Crippen LogP contribution in [0, 0.1) is 34.5 Å². The maximum Gasteiger partial charge on any atom is 0.311 e. The van der Waals surface area contributed by atoms with E-state index in [4.69, 9.17) is 14.2 Å².